The molecule has 0 saturated heterocycles. The van der Waals surface area contributed by atoms with Gasteiger partial charge in [-0.25, -0.2) is 4.58 Å². The smallest absolute Gasteiger partial charge is 0.295 e. The van der Waals surface area contributed by atoms with Gasteiger partial charge in [0.15, 0.2) is 5.71 Å². The van der Waals surface area contributed by atoms with E-state index in [1.165, 1.54) is 6.07 Å². The van der Waals surface area contributed by atoms with Crippen LogP contribution >= 0.6 is 0 Å². The highest BCUT2D eigenvalue weighted by Gasteiger charge is 2.25. The Kier molecular flexibility index (Phi) is 10.4. The highest BCUT2D eigenvalue weighted by molar-refractivity contribution is 7.86. The van der Waals surface area contributed by atoms with Gasteiger partial charge in [-0.15, -0.1) is 0 Å². The Balaban J connectivity index is 0.00000507. The maximum atomic E-state index is 12.4. The first-order valence-electron chi connectivity index (χ1n) is 12.1. The number of nitrogens with zero attached hydrogens (tertiary/aromatic N) is 2. The Labute approximate surface area is 224 Å². The zero-order valence-electron chi connectivity index (χ0n) is 21.9. The van der Waals surface area contributed by atoms with E-state index in [0.717, 1.165) is 49.7 Å². The molecule has 1 aliphatic rings. The summed E-state index contributed by atoms with van der Waals surface area (Å²) in [4.78, 5) is 0.933. The van der Waals surface area contributed by atoms with Gasteiger partial charge in [-0.3, -0.25) is 9.11 Å². The lowest BCUT2D eigenvalue weighted by atomic mass is 9.90. The fourth-order valence-corrected chi connectivity index (χ4v) is 5.72. The van der Waals surface area contributed by atoms with Gasteiger partial charge in [-0.05, 0) is 80.8 Å². The molecule has 3 rings (SSSR count). The van der Waals surface area contributed by atoms with Crippen LogP contribution in [0.15, 0.2) is 82.1 Å². The van der Waals surface area contributed by atoms with Gasteiger partial charge in [0.05, 0.1) is 4.90 Å². The highest BCUT2D eigenvalue weighted by atomic mass is 32.2. The van der Waals surface area contributed by atoms with Gasteiger partial charge in [0.25, 0.3) is 20.2 Å². The second-order valence-electron chi connectivity index (χ2n) is 8.42. The number of anilines is 1. The Hall–Kier alpha value is -3.09. The molecule has 0 aliphatic heterocycles. The minimum absolute atomic E-state index is 0. The maximum absolute atomic E-state index is 12.4. The standard InChI is InChI=1S/C27H32N2O6S2.H2O/c1-5-28(6-2)22-13-9-20(10-14-22)27(21-11-15-23(16-12-21)29(7-3)8-4)25-18-17-24(36(30,31)32)19-26(25)37(33,34)35;/h9-19H,5-8H2,1-4H3,(H-,30,31,32,33,34,35);1H2. The zero-order chi connectivity index (χ0) is 27.4. The second kappa shape index (κ2) is 12.6. The minimum Gasteiger partial charge on any atom is -0.870 e. The van der Waals surface area contributed by atoms with E-state index < -0.39 is 30.0 Å². The van der Waals surface area contributed by atoms with E-state index in [-0.39, 0.29) is 11.0 Å². The average molecular weight is 563 g/mol. The van der Waals surface area contributed by atoms with Crippen LogP contribution in [0.5, 0.6) is 0 Å². The average Bonchev–Trinajstić information content (AvgIpc) is 2.86. The summed E-state index contributed by atoms with van der Waals surface area (Å²) in [5.74, 6) is 0. The Morgan fingerprint density at radius 3 is 1.79 bits per heavy atom. The van der Waals surface area contributed by atoms with Crippen LogP contribution in [0.1, 0.15) is 38.8 Å². The molecule has 0 unspecified atom stereocenters. The van der Waals surface area contributed by atoms with Gasteiger partial charge in [-0.1, -0.05) is 18.2 Å². The first-order chi connectivity index (χ1) is 17.4. The van der Waals surface area contributed by atoms with Gasteiger partial charge in [-0.2, -0.15) is 16.8 Å². The molecule has 0 heterocycles. The van der Waals surface area contributed by atoms with Gasteiger partial charge in [0.1, 0.15) is 18.0 Å². The van der Waals surface area contributed by atoms with Crippen molar-refractivity contribution in [2.45, 2.75) is 37.5 Å². The van der Waals surface area contributed by atoms with Crippen molar-refractivity contribution >= 4 is 37.2 Å². The lowest BCUT2D eigenvalue weighted by Gasteiger charge is -2.22. The van der Waals surface area contributed by atoms with Crippen LogP contribution < -0.4 is 4.90 Å². The van der Waals surface area contributed by atoms with Crippen LogP contribution in [0, 0.1) is 0 Å². The van der Waals surface area contributed by atoms with Crippen LogP contribution in [0.25, 0.3) is 5.57 Å². The van der Waals surface area contributed by atoms with E-state index in [1.807, 2.05) is 48.6 Å². The number of benzene rings is 2. The molecule has 38 heavy (non-hydrogen) atoms. The second-order valence-corrected chi connectivity index (χ2v) is 11.2. The Bertz CT molecular complexity index is 1470. The van der Waals surface area contributed by atoms with E-state index in [4.69, 9.17) is 0 Å². The van der Waals surface area contributed by atoms with Gasteiger partial charge in [0, 0.05) is 36.5 Å². The molecule has 0 amide bonds. The van der Waals surface area contributed by atoms with Crippen molar-refractivity contribution in [2.75, 3.05) is 31.1 Å². The van der Waals surface area contributed by atoms with Crippen LogP contribution in [0.3, 0.4) is 0 Å². The topological polar surface area (TPSA) is 145 Å². The first kappa shape index (κ1) is 31.1. The molecule has 9 nitrogen and oxygen atoms in total. The lowest BCUT2D eigenvalue weighted by molar-refractivity contribution is -0.519. The molecule has 0 fully saturated rings. The summed E-state index contributed by atoms with van der Waals surface area (Å²) in [5.41, 5.74) is 3.96. The lowest BCUT2D eigenvalue weighted by Crippen LogP contribution is -2.21. The number of allylic oxidation sites excluding steroid dienone is 5. The molecule has 2 aromatic rings. The molecule has 2 aromatic carbocycles. The van der Waals surface area contributed by atoms with Crippen molar-refractivity contribution in [2.24, 2.45) is 0 Å². The predicted molar refractivity (Wildman–Crippen MR) is 149 cm³/mol. The third-order valence-corrected chi connectivity index (χ3v) is 8.11. The van der Waals surface area contributed by atoms with E-state index in [1.54, 1.807) is 0 Å². The van der Waals surface area contributed by atoms with Gasteiger partial charge >= 0.3 is 0 Å². The van der Waals surface area contributed by atoms with Crippen molar-refractivity contribution in [3.63, 3.8) is 0 Å². The van der Waals surface area contributed by atoms with Crippen molar-refractivity contribution in [3.05, 3.63) is 83.5 Å². The van der Waals surface area contributed by atoms with E-state index in [9.17, 15) is 25.9 Å². The third kappa shape index (κ3) is 6.86. The largest absolute Gasteiger partial charge is 0.870 e. The molecule has 0 aromatic heterocycles. The van der Waals surface area contributed by atoms with Crippen molar-refractivity contribution in [1.82, 2.24) is 0 Å². The fourth-order valence-electron chi connectivity index (χ4n) is 4.42. The number of rotatable bonds is 9. The summed E-state index contributed by atoms with van der Waals surface area (Å²) < 4.78 is 69.9. The highest BCUT2D eigenvalue weighted by Crippen LogP contribution is 2.35. The van der Waals surface area contributed by atoms with E-state index in [0.29, 0.717) is 16.7 Å². The van der Waals surface area contributed by atoms with Crippen molar-refractivity contribution in [1.29, 1.82) is 0 Å². The summed E-state index contributed by atoms with van der Waals surface area (Å²) in [7, 11) is -9.54. The van der Waals surface area contributed by atoms with Crippen molar-refractivity contribution < 1.29 is 36.0 Å². The molecule has 0 saturated carbocycles. The quantitative estimate of drug-likeness (QED) is 0.340. The third-order valence-electron chi connectivity index (χ3n) is 6.37. The molecule has 0 radical (unpaired) electrons. The number of hydrogen-bond donors (Lipinski definition) is 2. The molecule has 0 bridgehead atoms. The molecule has 11 heteroatoms. The Morgan fingerprint density at radius 2 is 1.34 bits per heavy atom. The predicted octanol–water partition coefficient (Wildman–Crippen LogP) is 4.27. The molecule has 1 aliphatic carbocycles. The summed E-state index contributed by atoms with van der Waals surface area (Å²) in [6.45, 7) is 11.5. The molecule has 0 atom stereocenters. The van der Waals surface area contributed by atoms with Gasteiger partial charge in [0.2, 0.25) is 0 Å². The summed E-state index contributed by atoms with van der Waals surface area (Å²) in [6.07, 6.45) is 7.61. The monoisotopic (exact) mass is 562 g/mol. The molecular weight excluding hydrogens is 528 g/mol. The molecule has 206 valence electrons. The molecule has 3 N–H and O–H groups in total. The maximum Gasteiger partial charge on any atom is 0.295 e. The van der Waals surface area contributed by atoms with E-state index in [2.05, 4.69) is 37.2 Å². The Morgan fingerprint density at radius 1 is 0.789 bits per heavy atom. The molecular formula is C27H34N2O7S2. The first-order valence-corrected chi connectivity index (χ1v) is 15.0. The van der Waals surface area contributed by atoms with E-state index >= 15 is 0 Å². The van der Waals surface area contributed by atoms with Crippen LogP contribution in [-0.4, -0.2) is 67.9 Å². The normalized spacial score (nSPS) is 13.3. The van der Waals surface area contributed by atoms with Crippen LogP contribution in [0.4, 0.5) is 5.69 Å². The number of hydrogen-bond acceptors (Lipinski definition) is 6. The summed E-state index contributed by atoms with van der Waals surface area (Å²) in [6, 6.07) is 10.8. The van der Waals surface area contributed by atoms with Gasteiger partial charge < -0.3 is 10.4 Å². The summed E-state index contributed by atoms with van der Waals surface area (Å²) in [5, 5.41) is 0. The zero-order valence-corrected chi connectivity index (χ0v) is 23.5. The van der Waals surface area contributed by atoms with Crippen molar-refractivity contribution in [3.8, 4) is 0 Å². The van der Waals surface area contributed by atoms with Crippen LogP contribution in [0.2, 0.25) is 0 Å². The molecule has 0 spiro atoms. The SMILES string of the molecule is CCN(CC)c1ccc(C(=C2C=CC(=[N+](CC)CC)C=C2)c2ccc(S(=O)(=O)O)cc2S(=O)(=O)O)cc1.[OH-]. The minimum atomic E-state index is -4.85. The fraction of sp³-hybridized carbons (Fsp3) is 0.296. The van der Waals surface area contributed by atoms with Crippen LogP contribution in [-0.2, 0) is 20.2 Å². The summed E-state index contributed by atoms with van der Waals surface area (Å²) >= 11 is 0.